The number of allylic oxidation sites excluding steroid dienone is 8. The van der Waals surface area contributed by atoms with E-state index < -0.39 is 0 Å². The quantitative estimate of drug-likeness (QED) is 0.230. The van der Waals surface area contributed by atoms with Crippen molar-refractivity contribution < 1.29 is 77.2 Å². The molecule has 8 rings (SSSR count). The predicted molar refractivity (Wildman–Crippen MR) is 169 cm³/mol. The molecule has 0 aliphatic heterocycles. The zero-order chi connectivity index (χ0) is 27.4. The summed E-state index contributed by atoms with van der Waals surface area (Å²) >= 11 is 0. The van der Waals surface area contributed by atoms with Crippen molar-refractivity contribution in [3.8, 4) is 22.3 Å². The van der Waals surface area contributed by atoms with Gasteiger partial charge in [-0.1, -0.05) is 105 Å². The summed E-state index contributed by atoms with van der Waals surface area (Å²) < 4.78 is 0. The zero-order valence-corrected chi connectivity index (χ0v) is 32.1. The first-order valence-corrected chi connectivity index (χ1v) is 14.5. The van der Waals surface area contributed by atoms with Crippen LogP contribution in [0.2, 0.25) is 0 Å². The van der Waals surface area contributed by atoms with Crippen LogP contribution in [0.1, 0.15) is 73.9 Å². The zero-order valence-electron chi connectivity index (χ0n) is 25.7. The summed E-state index contributed by atoms with van der Waals surface area (Å²) in [6.07, 6.45) is 8.80. The summed E-state index contributed by atoms with van der Waals surface area (Å²) in [6, 6.07) is 33.8. The Morgan fingerprint density at radius 3 is 1.23 bits per heavy atom. The first-order chi connectivity index (χ1) is 19.5. The Morgan fingerprint density at radius 1 is 0.477 bits per heavy atom. The molecule has 0 nitrogen and oxygen atoms in total. The molecule has 0 fully saturated rings. The van der Waals surface area contributed by atoms with E-state index >= 15 is 0 Å². The fourth-order valence-electron chi connectivity index (χ4n) is 6.69. The van der Waals surface area contributed by atoms with Gasteiger partial charge in [-0.25, -0.2) is 0 Å². The Balaban J connectivity index is 0.000000220. The van der Waals surface area contributed by atoms with Crippen molar-refractivity contribution in [1.29, 1.82) is 0 Å². The molecule has 4 aromatic rings. The van der Waals surface area contributed by atoms with E-state index in [1.54, 1.807) is 0 Å². The van der Waals surface area contributed by atoms with Crippen LogP contribution in [-0.4, -0.2) is 0 Å². The van der Waals surface area contributed by atoms with Gasteiger partial charge in [-0.3, -0.25) is 0 Å². The van der Waals surface area contributed by atoms with Crippen molar-refractivity contribution in [2.24, 2.45) is 0 Å². The number of rotatable bonds is 2. The van der Waals surface area contributed by atoms with Gasteiger partial charge in [-0.05, 0) is 64.5 Å². The topological polar surface area (TPSA) is 0 Å². The molecule has 4 aliphatic rings. The molecule has 0 aromatic heterocycles. The molecule has 0 radical (unpaired) electrons. The van der Waals surface area contributed by atoms with Crippen molar-refractivity contribution in [3.63, 3.8) is 0 Å². The Bertz CT molecular complexity index is 1700. The first kappa shape index (κ1) is 36.7. The summed E-state index contributed by atoms with van der Waals surface area (Å²) in [7, 11) is 0. The van der Waals surface area contributed by atoms with E-state index in [-0.39, 0.29) is 77.2 Å². The molecular weight excluding hydrogens is 734 g/mol. The predicted octanol–water partition coefficient (Wildman–Crippen LogP) is 4.37. The second-order valence-electron chi connectivity index (χ2n) is 11.6. The van der Waals surface area contributed by atoms with Crippen LogP contribution in [-0.2, 0) is 65.2 Å². The largest absolute Gasteiger partial charge is 2.00 e. The minimum absolute atomic E-state index is 0. The van der Waals surface area contributed by atoms with Crippen molar-refractivity contribution in [1.82, 2.24) is 0 Å². The fraction of sp³-hybridized carbons (Fsp3) is 0.200. The fourth-order valence-corrected chi connectivity index (χ4v) is 6.69. The van der Waals surface area contributed by atoms with Crippen LogP contribution in [0.15, 0.2) is 107 Å². The monoisotopic (exact) mass is 764 g/mol. The molecule has 0 saturated heterocycles. The molecule has 0 saturated carbocycles. The van der Waals surface area contributed by atoms with Crippen molar-refractivity contribution in [2.75, 3.05) is 0 Å². The van der Waals surface area contributed by atoms with Crippen molar-refractivity contribution in [3.05, 3.63) is 153 Å². The first-order valence-electron chi connectivity index (χ1n) is 14.5. The SMILES string of the molecule is CC1=CCC(c2[c-]c3c(cc2)-c2ccccc2C3)=C1C.CC1=CCC(c2[c-]c3c(cc2)-c2ccccc2C3)=C1C.[Cl-].[Cl-].[Zr+2].[Zr+2]. The number of benzene rings is 4. The van der Waals surface area contributed by atoms with Gasteiger partial charge in [0.1, 0.15) is 0 Å². The minimum atomic E-state index is 0. The second kappa shape index (κ2) is 15.2. The normalized spacial score (nSPS) is 14.7. The molecule has 0 bridgehead atoms. The van der Waals surface area contributed by atoms with Crippen LogP contribution in [0.25, 0.3) is 33.4 Å². The maximum absolute atomic E-state index is 3.67. The smallest absolute Gasteiger partial charge is 1.00 e. The molecule has 4 aromatic carbocycles. The summed E-state index contributed by atoms with van der Waals surface area (Å²) in [4.78, 5) is 0. The number of hydrogen-bond donors (Lipinski definition) is 0. The number of fused-ring (bicyclic) bond motifs is 6. The van der Waals surface area contributed by atoms with Gasteiger partial charge in [-0.2, -0.15) is 0 Å². The molecule has 44 heavy (non-hydrogen) atoms. The number of halogens is 2. The van der Waals surface area contributed by atoms with Crippen LogP contribution in [0.4, 0.5) is 0 Å². The van der Waals surface area contributed by atoms with E-state index in [1.807, 2.05) is 0 Å². The molecule has 0 heterocycles. The summed E-state index contributed by atoms with van der Waals surface area (Å²) in [5.74, 6) is 0. The molecule has 0 atom stereocenters. The van der Waals surface area contributed by atoms with Gasteiger partial charge >= 0.3 is 52.4 Å². The second-order valence-corrected chi connectivity index (χ2v) is 11.6. The van der Waals surface area contributed by atoms with E-state index in [0.29, 0.717) is 0 Å². The summed E-state index contributed by atoms with van der Waals surface area (Å²) in [5.41, 5.74) is 22.2. The molecule has 4 heteroatoms. The van der Waals surface area contributed by atoms with Gasteiger partial charge in [0.05, 0.1) is 0 Å². The summed E-state index contributed by atoms with van der Waals surface area (Å²) in [5, 5.41) is 0. The molecule has 0 unspecified atom stereocenters. The molecular formula is C40H34Cl2Zr2. The van der Waals surface area contributed by atoms with Gasteiger partial charge in [0, 0.05) is 0 Å². The van der Waals surface area contributed by atoms with Crippen LogP contribution in [0, 0.1) is 12.1 Å². The van der Waals surface area contributed by atoms with E-state index in [0.717, 1.165) is 25.7 Å². The van der Waals surface area contributed by atoms with Gasteiger partial charge in [0.15, 0.2) is 0 Å². The maximum atomic E-state index is 3.67. The van der Waals surface area contributed by atoms with Gasteiger partial charge < -0.3 is 24.8 Å². The summed E-state index contributed by atoms with van der Waals surface area (Å²) in [6.45, 7) is 8.85. The van der Waals surface area contributed by atoms with Gasteiger partial charge in [0.2, 0.25) is 0 Å². The van der Waals surface area contributed by atoms with Gasteiger partial charge in [-0.15, -0.1) is 69.8 Å². The Kier molecular flexibility index (Phi) is 12.6. The Hall–Kier alpha value is -1.81. The Morgan fingerprint density at radius 2 is 0.864 bits per heavy atom. The van der Waals surface area contributed by atoms with E-state index in [4.69, 9.17) is 0 Å². The van der Waals surface area contributed by atoms with Crippen molar-refractivity contribution >= 4 is 11.1 Å². The van der Waals surface area contributed by atoms with Crippen LogP contribution >= 0.6 is 0 Å². The third-order valence-electron chi connectivity index (χ3n) is 9.37. The standard InChI is InChI=1S/2C20H17.2ClH.2Zr/c2*1-13-7-9-18(14(13)2)16-8-10-20-17(12-16)11-15-5-3-4-6-19(15)20;;;;/h2*3-8,10H,9,11H2,1-2H3;2*1H;;/q2*-1;;;2*+2/p-2. The van der Waals surface area contributed by atoms with E-state index in [1.165, 1.54) is 89.1 Å². The molecule has 0 amide bonds. The van der Waals surface area contributed by atoms with E-state index in [9.17, 15) is 0 Å². The third-order valence-corrected chi connectivity index (χ3v) is 9.37. The molecule has 4 aliphatic carbocycles. The van der Waals surface area contributed by atoms with Crippen LogP contribution in [0.3, 0.4) is 0 Å². The average Bonchev–Trinajstić information content (AvgIpc) is 3.72. The number of hydrogen-bond acceptors (Lipinski definition) is 0. The van der Waals surface area contributed by atoms with Crippen molar-refractivity contribution in [2.45, 2.75) is 53.4 Å². The van der Waals surface area contributed by atoms with Gasteiger partial charge in [0.25, 0.3) is 0 Å². The third kappa shape index (κ3) is 6.67. The van der Waals surface area contributed by atoms with Crippen LogP contribution in [0.5, 0.6) is 0 Å². The minimum Gasteiger partial charge on any atom is -1.00 e. The maximum Gasteiger partial charge on any atom is 2.00 e. The molecule has 216 valence electrons. The Labute approximate surface area is 313 Å². The molecule has 0 N–H and O–H groups in total. The van der Waals surface area contributed by atoms with E-state index in [2.05, 4.69) is 125 Å². The van der Waals surface area contributed by atoms with Crippen LogP contribution < -0.4 is 24.8 Å². The molecule has 0 spiro atoms. The average molecular weight is 768 g/mol.